The quantitative estimate of drug-likeness (QED) is 0.794. The van der Waals surface area contributed by atoms with Crippen molar-refractivity contribution in [2.75, 3.05) is 32.1 Å². The molecule has 0 spiro atoms. The van der Waals surface area contributed by atoms with E-state index in [9.17, 15) is 0 Å². The lowest BCUT2D eigenvalue weighted by Gasteiger charge is -2.23. The summed E-state index contributed by atoms with van der Waals surface area (Å²) >= 11 is 6.23. The number of aromatic nitrogens is 2. The Balaban J connectivity index is 2.26. The minimum atomic E-state index is 0.572. The number of likely N-dealkylation sites (N-methyl/N-ethyl adjacent to an activating group) is 1. The molecule has 2 heterocycles. The molecular formula is C14H23ClN4. The molecule has 1 fully saturated rings. The standard InChI is InChI=1S/C14H23ClN4/c1-5-6-11-13(15)16-9-17-14(11)19-7-10(2)12(8-19)18(3)4/h9-10,12H,5-8H2,1-4H3. The summed E-state index contributed by atoms with van der Waals surface area (Å²) in [7, 11) is 4.29. The van der Waals surface area contributed by atoms with Gasteiger partial charge in [-0.1, -0.05) is 31.9 Å². The maximum Gasteiger partial charge on any atom is 0.137 e. The summed E-state index contributed by atoms with van der Waals surface area (Å²) in [4.78, 5) is 13.3. The Hall–Kier alpha value is -0.870. The molecular weight excluding hydrogens is 260 g/mol. The van der Waals surface area contributed by atoms with Crippen LogP contribution in [0, 0.1) is 5.92 Å². The highest BCUT2D eigenvalue weighted by atomic mass is 35.5. The monoisotopic (exact) mass is 282 g/mol. The zero-order chi connectivity index (χ0) is 14.0. The summed E-state index contributed by atoms with van der Waals surface area (Å²) in [5, 5.41) is 0.604. The van der Waals surface area contributed by atoms with Crippen LogP contribution < -0.4 is 4.90 Å². The molecule has 0 aliphatic carbocycles. The van der Waals surface area contributed by atoms with Crippen molar-refractivity contribution in [1.29, 1.82) is 0 Å². The predicted octanol–water partition coefficient (Wildman–Crippen LogP) is 2.47. The Morgan fingerprint density at radius 1 is 1.37 bits per heavy atom. The van der Waals surface area contributed by atoms with Gasteiger partial charge in [-0.15, -0.1) is 0 Å². The molecule has 106 valence electrons. The SMILES string of the molecule is CCCc1c(Cl)ncnc1N1CC(C)C(N(C)C)C1. The van der Waals surface area contributed by atoms with Crippen LogP contribution in [0.25, 0.3) is 0 Å². The Morgan fingerprint density at radius 3 is 2.68 bits per heavy atom. The molecule has 0 N–H and O–H groups in total. The summed E-state index contributed by atoms with van der Waals surface area (Å²) < 4.78 is 0. The zero-order valence-electron chi connectivity index (χ0n) is 12.2. The van der Waals surface area contributed by atoms with Gasteiger partial charge >= 0.3 is 0 Å². The van der Waals surface area contributed by atoms with Crippen LogP contribution in [-0.2, 0) is 6.42 Å². The minimum absolute atomic E-state index is 0.572. The van der Waals surface area contributed by atoms with Crippen molar-refractivity contribution in [3.05, 3.63) is 17.0 Å². The molecule has 19 heavy (non-hydrogen) atoms. The van der Waals surface area contributed by atoms with Crippen LogP contribution in [0.2, 0.25) is 5.15 Å². The first-order valence-electron chi connectivity index (χ1n) is 6.95. The van der Waals surface area contributed by atoms with Crippen LogP contribution in [0.15, 0.2) is 6.33 Å². The van der Waals surface area contributed by atoms with Crippen molar-refractivity contribution >= 4 is 17.4 Å². The van der Waals surface area contributed by atoms with E-state index in [1.54, 1.807) is 6.33 Å². The molecule has 5 heteroatoms. The van der Waals surface area contributed by atoms with Crippen LogP contribution in [0.4, 0.5) is 5.82 Å². The molecule has 2 unspecified atom stereocenters. The fourth-order valence-corrected chi connectivity index (χ4v) is 3.14. The molecule has 4 nitrogen and oxygen atoms in total. The number of hydrogen-bond donors (Lipinski definition) is 0. The van der Waals surface area contributed by atoms with Gasteiger partial charge < -0.3 is 9.80 Å². The van der Waals surface area contributed by atoms with Gasteiger partial charge in [0.1, 0.15) is 17.3 Å². The third kappa shape index (κ3) is 3.00. The van der Waals surface area contributed by atoms with Crippen LogP contribution in [0.3, 0.4) is 0 Å². The van der Waals surface area contributed by atoms with E-state index >= 15 is 0 Å². The average molecular weight is 283 g/mol. The summed E-state index contributed by atoms with van der Waals surface area (Å²) in [5.74, 6) is 1.66. The second kappa shape index (κ2) is 6.06. The normalized spacial score (nSPS) is 23.4. The second-order valence-corrected chi connectivity index (χ2v) is 5.99. The fourth-order valence-electron chi connectivity index (χ4n) is 2.91. The van der Waals surface area contributed by atoms with Gasteiger partial charge in [-0.05, 0) is 26.4 Å². The van der Waals surface area contributed by atoms with Crippen LogP contribution in [0.1, 0.15) is 25.8 Å². The van der Waals surface area contributed by atoms with Gasteiger partial charge in [0.2, 0.25) is 0 Å². The van der Waals surface area contributed by atoms with Crippen molar-refractivity contribution in [2.24, 2.45) is 5.92 Å². The Morgan fingerprint density at radius 2 is 2.11 bits per heavy atom. The fraction of sp³-hybridized carbons (Fsp3) is 0.714. The Labute approximate surface area is 120 Å². The van der Waals surface area contributed by atoms with Gasteiger partial charge in [0.05, 0.1) is 0 Å². The van der Waals surface area contributed by atoms with Crippen LogP contribution in [0.5, 0.6) is 0 Å². The molecule has 1 saturated heterocycles. The Kier molecular flexibility index (Phi) is 4.63. The third-order valence-electron chi connectivity index (χ3n) is 3.91. The maximum atomic E-state index is 6.23. The van der Waals surface area contributed by atoms with E-state index in [1.165, 1.54) is 0 Å². The van der Waals surface area contributed by atoms with Gasteiger partial charge in [0.25, 0.3) is 0 Å². The summed E-state index contributed by atoms with van der Waals surface area (Å²) in [6, 6.07) is 0.572. The lowest BCUT2D eigenvalue weighted by Crippen LogP contribution is -2.34. The van der Waals surface area contributed by atoms with E-state index in [2.05, 4.69) is 47.7 Å². The molecule has 1 aromatic heterocycles. The molecule has 1 aliphatic rings. The van der Waals surface area contributed by atoms with E-state index in [0.29, 0.717) is 17.1 Å². The smallest absolute Gasteiger partial charge is 0.137 e. The molecule has 0 amide bonds. The first-order chi connectivity index (χ1) is 9.04. The number of hydrogen-bond acceptors (Lipinski definition) is 4. The molecule has 1 aliphatic heterocycles. The number of anilines is 1. The van der Waals surface area contributed by atoms with Crippen molar-refractivity contribution in [2.45, 2.75) is 32.7 Å². The molecule has 0 bridgehead atoms. The predicted molar refractivity (Wildman–Crippen MR) is 79.9 cm³/mol. The first-order valence-corrected chi connectivity index (χ1v) is 7.33. The van der Waals surface area contributed by atoms with E-state index in [0.717, 1.165) is 37.3 Å². The first kappa shape index (κ1) is 14.5. The number of rotatable bonds is 4. The van der Waals surface area contributed by atoms with Crippen LogP contribution in [-0.4, -0.2) is 48.1 Å². The topological polar surface area (TPSA) is 32.3 Å². The highest BCUT2D eigenvalue weighted by molar-refractivity contribution is 6.30. The highest BCUT2D eigenvalue weighted by Gasteiger charge is 2.32. The average Bonchev–Trinajstić information content (AvgIpc) is 2.74. The van der Waals surface area contributed by atoms with Crippen molar-refractivity contribution in [1.82, 2.24) is 14.9 Å². The van der Waals surface area contributed by atoms with Crippen molar-refractivity contribution in [3.63, 3.8) is 0 Å². The van der Waals surface area contributed by atoms with E-state index in [-0.39, 0.29) is 0 Å². The molecule has 0 radical (unpaired) electrons. The van der Waals surface area contributed by atoms with Gasteiger partial charge in [-0.25, -0.2) is 9.97 Å². The lowest BCUT2D eigenvalue weighted by molar-refractivity contribution is 0.266. The van der Waals surface area contributed by atoms with E-state index in [4.69, 9.17) is 11.6 Å². The van der Waals surface area contributed by atoms with Gasteiger partial charge in [-0.3, -0.25) is 0 Å². The van der Waals surface area contributed by atoms with Gasteiger partial charge in [0.15, 0.2) is 0 Å². The summed E-state index contributed by atoms with van der Waals surface area (Å²) in [6.45, 7) is 6.50. The Bertz CT molecular complexity index is 435. The molecule has 2 rings (SSSR count). The van der Waals surface area contributed by atoms with Gasteiger partial charge in [0, 0.05) is 24.7 Å². The largest absolute Gasteiger partial charge is 0.354 e. The van der Waals surface area contributed by atoms with Crippen molar-refractivity contribution in [3.8, 4) is 0 Å². The molecule has 1 aromatic rings. The van der Waals surface area contributed by atoms with Crippen molar-refractivity contribution < 1.29 is 0 Å². The molecule has 0 aromatic carbocycles. The van der Waals surface area contributed by atoms with Gasteiger partial charge in [-0.2, -0.15) is 0 Å². The number of nitrogens with zero attached hydrogens (tertiary/aromatic N) is 4. The third-order valence-corrected chi connectivity index (χ3v) is 4.23. The molecule has 0 saturated carbocycles. The second-order valence-electron chi connectivity index (χ2n) is 5.63. The highest BCUT2D eigenvalue weighted by Crippen LogP contribution is 2.30. The number of halogens is 1. The lowest BCUT2D eigenvalue weighted by atomic mass is 10.1. The summed E-state index contributed by atoms with van der Waals surface area (Å²) in [6.07, 6.45) is 3.57. The van der Waals surface area contributed by atoms with E-state index in [1.807, 2.05) is 0 Å². The van der Waals surface area contributed by atoms with Crippen LogP contribution >= 0.6 is 11.6 Å². The summed E-state index contributed by atoms with van der Waals surface area (Å²) in [5.41, 5.74) is 1.10. The zero-order valence-corrected chi connectivity index (χ0v) is 13.0. The minimum Gasteiger partial charge on any atom is -0.354 e. The molecule has 2 atom stereocenters. The maximum absolute atomic E-state index is 6.23. The van der Waals surface area contributed by atoms with E-state index < -0.39 is 0 Å².